The molecule has 28 heavy (non-hydrogen) atoms. The number of hydrogen-bond donors (Lipinski definition) is 1. The molecule has 0 fully saturated rings. The molecule has 0 bridgehead atoms. The van der Waals surface area contributed by atoms with E-state index in [1.165, 1.54) is 6.92 Å². The predicted molar refractivity (Wildman–Crippen MR) is 110 cm³/mol. The molecule has 0 saturated heterocycles. The van der Waals surface area contributed by atoms with Crippen molar-refractivity contribution < 1.29 is 14.3 Å². The van der Waals surface area contributed by atoms with Gasteiger partial charge in [-0.3, -0.25) is 9.59 Å². The molecule has 1 aliphatic heterocycles. The van der Waals surface area contributed by atoms with Gasteiger partial charge in [0.2, 0.25) is 5.91 Å². The molecule has 2 aromatic carbocycles. The highest BCUT2D eigenvalue weighted by molar-refractivity contribution is 6.06. The number of para-hydroxylation sites is 1. The van der Waals surface area contributed by atoms with Crippen LogP contribution in [0.15, 0.2) is 42.5 Å². The van der Waals surface area contributed by atoms with Crippen molar-refractivity contribution in [3.05, 3.63) is 59.2 Å². The van der Waals surface area contributed by atoms with E-state index in [-0.39, 0.29) is 11.8 Å². The van der Waals surface area contributed by atoms with Crippen molar-refractivity contribution in [3.8, 4) is 5.75 Å². The molecule has 0 radical (unpaired) electrons. The molecule has 3 rings (SSSR count). The van der Waals surface area contributed by atoms with E-state index >= 15 is 0 Å². The van der Waals surface area contributed by atoms with E-state index in [4.69, 9.17) is 4.74 Å². The van der Waals surface area contributed by atoms with Gasteiger partial charge < -0.3 is 15.0 Å². The zero-order valence-corrected chi connectivity index (χ0v) is 16.8. The number of benzene rings is 2. The van der Waals surface area contributed by atoms with Crippen LogP contribution in [0.25, 0.3) is 0 Å². The van der Waals surface area contributed by atoms with E-state index in [0.29, 0.717) is 13.2 Å². The zero-order chi connectivity index (χ0) is 20.1. The molecule has 0 aromatic heterocycles. The first-order valence-electron chi connectivity index (χ1n) is 9.91. The topological polar surface area (TPSA) is 58.6 Å². The van der Waals surface area contributed by atoms with Gasteiger partial charge in [-0.25, -0.2) is 0 Å². The maximum absolute atomic E-state index is 13.1. The van der Waals surface area contributed by atoms with Gasteiger partial charge >= 0.3 is 0 Å². The summed E-state index contributed by atoms with van der Waals surface area (Å²) in [4.78, 5) is 26.5. The average molecular weight is 380 g/mol. The second kappa shape index (κ2) is 8.91. The highest BCUT2D eigenvalue weighted by Gasteiger charge is 2.38. The normalized spacial score (nSPS) is 15.5. The third-order valence-electron chi connectivity index (χ3n) is 4.95. The first kappa shape index (κ1) is 19.9. The maximum atomic E-state index is 13.1. The third kappa shape index (κ3) is 4.35. The molecule has 2 amide bonds. The molecule has 1 atom stereocenters. The molecule has 1 aliphatic rings. The fourth-order valence-corrected chi connectivity index (χ4v) is 3.54. The standard InChI is InChI=1S/C23H28N2O3/c1-4-5-8-13-28-21-10-7-6-9-18(21)15-25-20-12-11-16(2)14-19(20)22(23(25)27)24-17(3)26/h6-7,9-12,14,22H,4-5,8,13,15H2,1-3H3,(H,24,26). The Balaban J connectivity index is 1.85. The lowest BCUT2D eigenvalue weighted by atomic mass is 10.1. The number of fused-ring (bicyclic) bond motifs is 1. The summed E-state index contributed by atoms with van der Waals surface area (Å²) in [6, 6.07) is 13.1. The summed E-state index contributed by atoms with van der Waals surface area (Å²) in [6.45, 7) is 6.66. The van der Waals surface area contributed by atoms with Crippen molar-refractivity contribution in [2.75, 3.05) is 11.5 Å². The van der Waals surface area contributed by atoms with Gasteiger partial charge in [-0.2, -0.15) is 0 Å². The summed E-state index contributed by atoms with van der Waals surface area (Å²) in [5.41, 5.74) is 3.71. The van der Waals surface area contributed by atoms with Gasteiger partial charge in [0.05, 0.1) is 13.2 Å². The molecule has 2 aromatic rings. The first-order valence-corrected chi connectivity index (χ1v) is 9.91. The van der Waals surface area contributed by atoms with Crippen molar-refractivity contribution in [2.45, 2.75) is 52.6 Å². The van der Waals surface area contributed by atoms with Gasteiger partial charge in [-0.1, -0.05) is 55.7 Å². The minimum Gasteiger partial charge on any atom is -0.493 e. The minimum absolute atomic E-state index is 0.114. The van der Waals surface area contributed by atoms with Crippen LogP contribution in [0.2, 0.25) is 0 Å². The van der Waals surface area contributed by atoms with E-state index in [0.717, 1.165) is 47.4 Å². The highest BCUT2D eigenvalue weighted by atomic mass is 16.5. The van der Waals surface area contributed by atoms with Gasteiger partial charge in [-0.15, -0.1) is 0 Å². The number of ether oxygens (including phenoxy) is 1. The molecule has 148 valence electrons. The monoisotopic (exact) mass is 380 g/mol. The Labute approximate surface area is 166 Å². The Morgan fingerprint density at radius 2 is 1.96 bits per heavy atom. The van der Waals surface area contributed by atoms with Crippen molar-refractivity contribution in [1.82, 2.24) is 5.32 Å². The van der Waals surface area contributed by atoms with Crippen molar-refractivity contribution >= 4 is 17.5 Å². The summed E-state index contributed by atoms with van der Waals surface area (Å²) in [5.74, 6) is 0.479. The number of anilines is 1. The maximum Gasteiger partial charge on any atom is 0.254 e. The van der Waals surface area contributed by atoms with Crippen LogP contribution < -0.4 is 15.0 Å². The number of amides is 2. The summed E-state index contributed by atoms with van der Waals surface area (Å²) >= 11 is 0. The smallest absolute Gasteiger partial charge is 0.254 e. The van der Waals surface area contributed by atoms with Crippen molar-refractivity contribution in [1.29, 1.82) is 0 Å². The summed E-state index contributed by atoms with van der Waals surface area (Å²) in [6.07, 6.45) is 3.30. The Morgan fingerprint density at radius 1 is 1.18 bits per heavy atom. The molecule has 1 N–H and O–H groups in total. The van der Waals surface area contributed by atoms with E-state index < -0.39 is 6.04 Å². The van der Waals surface area contributed by atoms with Crippen LogP contribution in [0.1, 0.15) is 55.8 Å². The van der Waals surface area contributed by atoms with Gasteiger partial charge in [0.1, 0.15) is 11.8 Å². The van der Waals surface area contributed by atoms with Crippen molar-refractivity contribution in [3.63, 3.8) is 0 Å². The second-order valence-electron chi connectivity index (χ2n) is 7.28. The molecule has 5 nitrogen and oxygen atoms in total. The molecular weight excluding hydrogens is 352 g/mol. The quantitative estimate of drug-likeness (QED) is 0.695. The summed E-state index contributed by atoms with van der Waals surface area (Å²) < 4.78 is 5.98. The van der Waals surface area contributed by atoms with Crippen LogP contribution in [0.4, 0.5) is 5.69 Å². The number of carbonyl (C=O) groups is 2. The second-order valence-corrected chi connectivity index (χ2v) is 7.28. The molecule has 5 heteroatoms. The van der Waals surface area contributed by atoms with E-state index in [1.54, 1.807) is 4.90 Å². The van der Waals surface area contributed by atoms with Crippen LogP contribution in [0, 0.1) is 6.92 Å². The number of rotatable bonds is 8. The fourth-order valence-electron chi connectivity index (χ4n) is 3.54. The van der Waals surface area contributed by atoms with Crippen LogP contribution >= 0.6 is 0 Å². The number of nitrogens with zero attached hydrogens (tertiary/aromatic N) is 1. The lowest BCUT2D eigenvalue weighted by Crippen LogP contribution is -2.36. The summed E-state index contributed by atoms with van der Waals surface area (Å²) in [5, 5.41) is 2.79. The van der Waals surface area contributed by atoms with Crippen LogP contribution in [-0.4, -0.2) is 18.4 Å². The van der Waals surface area contributed by atoms with Gasteiger partial charge in [0.15, 0.2) is 0 Å². The Kier molecular flexibility index (Phi) is 6.34. The van der Waals surface area contributed by atoms with Gasteiger partial charge in [-0.05, 0) is 25.5 Å². The SMILES string of the molecule is CCCCCOc1ccccc1CN1C(=O)C(NC(C)=O)c2cc(C)ccc21. The lowest BCUT2D eigenvalue weighted by Gasteiger charge is -2.20. The van der Waals surface area contributed by atoms with Crippen LogP contribution in [-0.2, 0) is 16.1 Å². The highest BCUT2D eigenvalue weighted by Crippen LogP contribution is 2.38. The van der Waals surface area contributed by atoms with Crippen LogP contribution in [0.5, 0.6) is 5.75 Å². The predicted octanol–water partition coefficient (Wildman–Crippen LogP) is 4.29. The van der Waals surface area contributed by atoms with E-state index in [9.17, 15) is 9.59 Å². The molecular formula is C23H28N2O3. The largest absolute Gasteiger partial charge is 0.493 e. The number of hydrogen-bond acceptors (Lipinski definition) is 3. The number of aryl methyl sites for hydroxylation is 1. The lowest BCUT2D eigenvalue weighted by molar-refractivity contribution is -0.126. The number of nitrogens with one attached hydrogen (secondary N) is 1. The number of carbonyl (C=O) groups excluding carboxylic acids is 2. The molecule has 1 unspecified atom stereocenters. The fraction of sp³-hybridized carbons (Fsp3) is 0.391. The Bertz CT molecular complexity index is 863. The minimum atomic E-state index is -0.634. The summed E-state index contributed by atoms with van der Waals surface area (Å²) in [7, 11) is 0. The zero-order valence-electron chi connectivity index (χ0n) is 16.8. The first-order chi connectivity index (χ1) is 13.5. The Hall–Kier alpha value is -2.82. The Morgan fingerprint density at radius 3 is 2.71 bits per heavy atom. The average Bonchev–Trinajstić information content (AvgIpc) is 2.91. The molecule has 1 heterocycles. The van der Waals surface area contributed by atoms with Gasteiger partial charge in [0.25, 0.3) is 5.91 Å². The van der Waals surface area contributed by atoms with E-state index in [1.807, 2.05) is 49.4 Å². The number of unbranched alkanes of at least 4 members (excludes halogenated alkanes) is 2. The van der Waals surface area contributed by atoms with Gasteiger partial charge in [0, 0.05) is 23.7 Å². The van der Waals surface area contributed by atoms with Crippen LogP contribution in [0.3, 0.4) is 0 Å². The molecule has 0 spiro atoms. The van der Waals surface area contributed by atoms with E-state index in [2.05, 4.69) is 12.2 Å². The van der Waals surface area contributed by atoms with Crippen molar-refractivity contribution in [2.24, 2.45) is 0 Å². The molecule has 0 saturated carbocycles. The third-order valence-corrected chi connectivity index (χ3v) is 4.95. The molecule has 0 aliphatic carbocycles.